The molecule has 0 saturated carbocycles. The molecule has 144 valence electrons. The van der Waals surface area contributed by atoms with Gasteiger partial charge in [-0.25, -0.2) is 8.42 Å². The van der Waals surface area contributed by atoms with Gasteiger partial charge in [0.25, 0.3) is 0 Å². The number of unbranched alkanes of at least 4 members (excludes halogenated alkanes) is 2. The molecule has 2 aliphatic rings. The van der Waals surface area contributed by atoms with E-state index in [-0.39, 0.29) is 36.0 Å². The number of amides is 1. The molecule has 0 spiro atoms. The van der Waals surface area contributed by atoms with E-state index in [0.29, 0.717) is 16.5 Å². The van der Waals surface area contributed by atoms with Gasteiger partial charge in [-0.2, -0.15) is 0 Å². The summed E-state index contributed by atoms with van der Waals surface area (Å²) >= 11 is 6.22. The molecule has 2 heterocycles. The van der Waals surface area contributed by atoms with Crippen LogP contribution in [-0.2, 0) is 14.6 Å². The van der Waals surface area contributed by atoms with E-state index >= 15 is 0 Å². The summed E-state index contributed by atoms with van der Waals surface area (Å²) in [6.45, 7) is 3.12. The summed E-state index contributed by atoms with van der Waals surface area (Å²) in [4.78, 5) is 16.5. The number of hydrogen-bond acceptors (Lipinski definition) is 5. The van der Waals surface area contributed by atoms with Crippen molar-refractivity contribution in [3.8, 4) is 5.75 Å². The second kappa shape index (κ2) is 7.74. The Morgan fingerprint density at radius 2 is 1.96 bits per heavy atom. The highest BCUT2D eigenvalue weighted by molar-refractivity contribution is 7.91. The Hall–Kier alpha value is -1.31. The van der Waals surface area contributed by atoms with Gasteiger partial charge in [-0.15, -0.1) is 0 Å². The van der Waals surface area contributed by atoms with Crippen LogP contribution in [0.15, 0.2) is 18.2 Å². The fraction of sp³-hybridized carbons (Fsp3) is 0.611. The largest absolute Gasteiger partial charge is 0.495 e. The minimum atomic E-state index is -3.17. The van der Waals surface area contributed by atoms with Crippen LogP contribution in [0.25, 0.3) is 0 Å². The van der Waals surface area contributed by atoms with Gasteiger partial charge >= 0.3 is 0 Å². The van der Waals surface area contributed by atoms with E-state index in [9.17, 15) is 13.2 Å². The molecule has 6 nitrogen and oxygen atoms in total. The summed E-state index contributed by atoms with van der Waals surface area (Å²) in [6, 6.07) is 4.62. The van der Waals surface area contributed by atoms with Gasteiger partial charge in [-0.3, -0.25) is 9.69 Å². The minimum absolute atomic E-state index is 0.00265. The Labute approximate surface area is 160 Å². The highest BCUT2D eigenvalue weighted by Crippen LogP contribution is 2.35. The van der Waals surface area contributed by atoms with E-state index in [1.807, 2.05) is 0 Å². The van der Waals surface area contributed by atoms with Gasteiger partial charge in [0.1, 0.15) is 5.75 Å². The van der Waals surface area contributed by atoms with Gasteiger partial charge in [0.05, 0.1) is 36.2 Å². The van der Waals surface area contributed by atoms with Crippen molar-refractivity contribution in [2.75, 3.05) is 36.6 Å². The Bertz CT molecular complexity index is 783. The Kier molecular flexibility index (Phi) is 5.79. The maximum absolute atomic E-state index is 12.9. The number of benzene rings is 1. The third-order valence-corrected chi connectivity index (χ3v) is 7.16. The normalized spacial score (nSPS) is 25.3. The molecule has 8 heteroatoms. The number of rotatable bonds is 6. The lowest BCUT2D eigenvalue weighted by molar-refractivity contribution is -0.123. The molecule has 0 aromatic heterocycles. The second-order valence-corrected chi connectivity index (χ2v) is 9.53. The van der Waals surface area contributed by atoms with Gasteiger partial charge in [0, 0.05) is 11.7 Å². The lowest BCUT2D eigenvalue weighted by Gasteiger charge is -2.43. The molecule has 2 saturated heterocycles. The third-order valence-electron chi connectivity index (χ3n) is 5.16. The van der Waals surface area contributed by atoms with Crippen molar-refractivity contribution in [1.82, 2.24) is 4.90 Å². The van der Waals surface area contributed by atoms with E-state index in [1.165, 1.54) is 7.11 Å². The average molecular weight is 401 g/mol. The van der Waals surface area contributed by atoms with E-state index < -0.39 is 9.84 Å². The fourth-order valence-electron chi connectivity index (χ4n) is 3.91. The van der Waals surface area contributed by atoms with Crippen molar-refractivity contribution in [2.24, 2.45) is 0 Å². The first kappa shape index (κ1) is 19.5. The molecular formula is C18H25ClN2O4S. The Morgan fingerprint density at radius 3 is 2.62 bits per heavy atom. The summed E-state index contributed by atoms with van der Waals surface area (Å²) < 4.78 is 29.8. The van der Waals surface area contributed by atoms with Gasteiger partial charge in [0.2, 0.25) is 5.91 Å². The number of piperazine rings is 1. The molecule has 1 aromatic rings. The van der Waals surface area contributed by atoms with Gasteiger partial charge in [-0.1, -0.05) is 31.4 Å². The van der Waals surface area contributed by atoms with Crippen LogP contribution in [0.4, 0.5) is 5.69 Å². The van der Waals surface area contributed by atoms with Crippen molar-refractivity contribution in [3.05, 3.63) is 23.2 Å². The van der Waals surface area contributed by atoms with Gasteiger partial charge < -0.3 is 9.64 Å². The predicted molar refractivity (Wildman–Crippen MR) is 103 cm³/mol. The second-order valence-electron chi connectivity index (χ2n) is 6.97. The van der Waals surface area contributed by atoms with Crippen LogP contribution in [0, 0.1) is 0 Å². The number of nitrogens with zero attached hydrogens (tertiary/aromatic N) is 2. The molecule has 0 bridgehead atoms. The van der Waals surface area contributed by atoms with E-state index in [4.69, 9.17) is 16.3 Å². The standard InChI is InChI=1S/C18H25ClN2O4S/c1-3-4-5-8-20-10-18(22)21(16-12-26(23,24)11-15(16)20)13-6-7-17(25-2)14(19)9-13/h6-7,9,15-16H,3-5,8,10-12H2,1-2H3/t15-,16+/m0/s1. The molecule has 0 aliphatic carbocycles. The number of halogens is 1. The van der Waals surface area contributed by atoms with Gasteiger partial charge in [0.15, 0.2) is 9.84 Å². The topological polar surface area (TPSA) is 66.9 Å². The zero-order valence-electron chi connectivity index (χ0n) is 15.2. The quantitative estimate of drug-likeness (QED) is 0.686. The zero-order valence-corrected chi connectivity index (χ0v) is 16.7. The Balaban J connectivity index is 1.90. The van der Waals surface area contributed by atoms with Crippen LogP contribution in [-0.4, -0.2) is 63.0 Å². The number of carbonyl (C=O) groups excluding carboxylic acids is 1. The van der Waals surface area contributed by atoms with Gasteiger partial charge in [-0.05, 0) is 31.2 Å². The van der Waals surface area contributed by atoms with Crippen molar-refractivity contribution in [1.29, 1.82) is 0 Å². The summed E-state index contributed by atoms with van der Waals surface area (Å²) in [5.41, 5.74) is 0.626. The number of hydrogen-bond donors (Lipinski definition) is 0. The smallest absolute Gasteiger partial charge is 0.241 e. The molecule has 2 aliphatic heterocycles. The number of methoxy groups -OCH3 is 1. The summed E-state index contributed by atoms with van der Waals surface area (Å²) in [5, 5.41) is 0.403. The number of ether oxygens (including phenoxy) is 1. The molecule has 0 radical (unpaired) electrons. The number of sulfone groups is 1. The number of carbonyl (C=O) groups is 1. The minimum Gasteiger partial charge on any atom is -0.495 e. The molecule has 1 amide bonds. The highest BCUT2D eigenvalue weighted by atomic mass is 35.5. The first-order valence-corrected chi connectivity index (χ1v) is 11.2. The monoisotopic (exact) mass is 400 g/mol. The van der Waals surface area contributed by atoms with E-state index in [0.717, 1.165) is 25.8 Å². The van der Waals surface area contributed by atoms with Crippen LogP contribution >= 0.6 is 11.6 Å². The summed E-state index contributed by atoms with van der Waals surface area (Å²) in [7, 11) is -1.64. The van der Waals surface area contributed by atoms with Crippen molar-refractivity contribution in [3.63, 3.8) is 0 Å². The summed E-state index contributed by atoms with van der Waals surface area (Å²) in [5.74, 6) is 0.548. The first-order chi connectivity index (χ1) is 12.4. The molecule has 26 heavy (non-hydrogen) atoms. The molecule has 1 aromatic carbocycles. The molecule has 2 fully saturated rings. The van der Waals surface area contributed by atoms with E-state index in [2.05, 4.69) is 11.8 Å². The average Bonchev–Trinajstić information content (AvgIpc) is 2.90. The van der Waals surface area contributed by atoms with Crippen LogP contribution in [0.2, 0.25) is 5.02 Å². The third kappa shape index (κ3) is 3.85. The van der Waals surface area contributed by atoms with Crippen molar-refractivity contribution >= 4 is 33.0 Å². The van der Waals surface area contributed by atoms with Crippen LogP contribution < -0.4 is 9.64 Å². The molecule has 0 N–H and O–H groups in total. The van der Waals surface area contributed by atoms with Crippen LogP contribution in [0.3, 0.4) is 0 Å². The fourth-order valence-corrected chi connectivity index (χ4v) is 6.14. The summed E-state index contributed by atoms with van der Waals surface area (Å²) in [6.07, 6.45) is 3.14. The predicted octanol–water partition coefficient (Wildman–Crippen LogP) is 2.35. The molecule has 3 rings (SSSR count). The zero-order chi connectivity index (χ0) is 18.9. The molecule has 2 atom stereocenters. The first-order valence-electron chi connectivity index (χ1n) is 8.96. The molecule has 0 unspecified atom stereocenters. The van der Waals surface area contributed by atoms with Crippen molar-refractivity contribution < 1.29 is 17.9 Å². The SMILES string of the molecule is CCCCCN1CC(=O)N(c2ccc(OC)c(Cl)c2)[C@@H]2CS(=O)(=O)C[C@@H]21. The number of anilines is 1. The maximum atomic E-state index is 12.9. The molecular weight excluding hydrogens is 376 g/mol. The maximum Gasteiger partial charge on any atom is 0.241 e. The lowest BCUT2D eigenvalue weighted by Crippen LogP contribution is -2.62. The van der Waals surface area contributed by atoms with E-state index in [1.54, 1.807) is 23.1 Å². The Morgan fingerprint density at radius 1 is 1.23 bits per heavy atom. The van der Waals surface area contributed by atoms with Crippen molar-refractivity contribution in [2.45, 2.75) is 38.3 Å². The van der Waals surface area contributed by atoms with Crippen LogP contribution in [0.5, 0.6) is 5.75 Å². The van der Waals surface area contributed by atoms with Crippen LogP contribution in [0.1, 0.15) is 26.2 Å². The highest BCUT2D eigenvalue weighted by Gasteiger charge is 2.49. The lowest BCUT2D eigenvalue weighted by atomic mass is 10.0. The number of fused-ring (bicyclic) bond motifs is 1.